The van der Waals surface area contributed by atoms with Gasteiger partial charge in [-0.2, -0.15) is 0 Å². The summed E-state index contributed by atoms with van der Waals surface area (Å²) in [6, 6.07) is 17.9. The van der Waals surface area contributed by atoms with Gasteiger partial charge in [-0.05, 0) is 61.5 Å². The number of carbonyl (C=O) groups is 1. The van der Waals surface area contributed by atoms with E-state index in [0.717, 1.165) is 5.56 Å². The van der Waals surface area contributed by atoms with Crippen molar-refractivity contribution in [2.75, 3.05) is 10.0 Å². The van der Waals surface area contributed by atoms with E-state index in [2.05, 4.69) is 10.0 Å². The summed E-state index contributed by atoms with van der Waals surface area (Å²) in [5, 5.41) is 2.60. The maximum Gasteiger partial charge on any atom is 0.261 e. The van der Waals surface area contributed by atoms with E-state index in [1.807, 2.05) is 6.92 Å². The Labute approximate surface area is 156 Å². The summed E-state index contributed by atoms with van der Waals surface area (Å²) in [7, 11) is -3.84. The zero-order valence-electron chi connectivity index (χ0n) is 14.4. The lowest BCUT2D eigenvalue weighted by molar-refractivity contribution is 0.102. The van der Waals surface area contributed by atoms with Crippen LogP contribution in [-0.4, -0.2) is 14.3 Å². The molecular formula is C20H17FN2O3S. The second-order valence-corrected chi connectivity index (χ2v) is 7.64. The highest BCUT2D eigenvalue weighted by atomic mass is 32.2. The van der Waals surface area contributed by atoms with Gasteiger partial charge in [0.2, 0.25) is 0 Å². The van der Waals surface area contributed by atoms with Crippen molar-refractivity contribution < 1.29 is 17.6 Å². The molecule has 138 valence electrons. The van der Waals surface area contributed by atoms with Gasteiger partial charge >= 0.3 is 0 Å². The molecule has 0 saturated carbocycles. The van der Waals surface area contributed by atoms with Gasteiger partial charge in [-0.25, -0.2) is 12.8 Å². The first-order valence-corrected chi connectivity index (χ1v) is 9.58. The van der Waals surface area contributed by atoms with Crippen LogP contribution in [0.3, 0.4) is 0 Å². The lowest BCUT2D eigenvalue weighted by Crippen LogP contribution is -2.16. The van der Waals surface area contributed by atoms with Crippen molar-refractivity contribution in [3.8, 4) is 0 Å². The average molecular weight is 384 g/mol. The summed E-state index contributed by atoms with van der Waals surface area (Å²) >= 11 is 0. The first-order chi connectivity index (χ1) is 12.8. The van der Waals surface area contributed by atoms with E-state index in [9.17, 15) is 17.6 Å². The summed E-state index contributed by atoms with van der Waals surface area (Å²) in [5.41, 5.74) is 2.03. The molecule has 1 amide bonds. The number of nitrogens with one attached hydrogen (secondary N) is 2. The fourth-order valence-electron chi connectivity index (χ4n) is 2.38. The van der Waals surface area contributed by atoms with Crippen LogP contribution in [-0.2, 0) is 10.0 Å². The molecule has 27 heavy (non-hydrogen) atoms. The van der Waals surface area contributed by atoms with Gasteiger partial charge in [0.25, 0.3) is 15.9 Å². The number of hydrogen-bond donors (Lipinski definition) is 2. The van der Waals surface area contributed by atoms with Crippen LogP contribution in [0.4, 0.5) is 15.8 Å². The molecule has 0 heterocycles. The fourth-order valence-corrected chi connectivity index (χ4v) is 3.48. The lowest BCUT2D eigenvalue weighted by Gasteiger charge is -2.10. The van der Waals surface area contributed by atoms with E-state index in [0.29, 0.717) is 11.4 Å². The van der Waals surface area contributed by atoms with Gasteiger partial charge in [0, 0.05) is 16.9 Å². The quantitative estimate of drug-likeness (QED) is 0.693. The van der Waals surface area contributed by atoms with E-state index in [-0.39, 0.29) is 10.5 Å². The Morgan fingerprint density at radius 3 is 2.19 bits per heavy atom. The van der Waals surface area contributed by atoms with Gasteiger partial charge in [-0.3, -0.25) is 9.52 Å². The first kappa shape index (κ1) is 18.6. The Kier molecular flexibility index (Phi) is 5.23. The minimum atomic E-state index is -3.84. The Balaban J connectivity index is 1.80. The van der Waals surface area contributed by atoms with Crippen LogP contribution < -0.4 is 10.0 Å². The molecule has 0 aliphatic rings. The van der Waals surface area contributed by atoms with Crippen molar-refractivity contribution in [1.82, 2.24) is 0 Å². The first-order valence-electron chi connectivity index (χ1n) is 8.10. The molecule has 0 bridgehead atoms. The van der Waals surface area contributed by atoms with E-state index >= 15 is 0 Å². The van der Waals surface area contributed by atoms with Crippen molar-refractivity contribution in [2.45, 2.75) is 11.8 Å². The molecule has 0 aromatic heterocycles. The van der Waals surface area contributed by atoms with E-state index in [1.165, 1.54) is 48.5 Å². The second kappa shape index (κ2) is 7.59. The van der Waals surface area contributed by atoms with Gasteiger partial charge in [-0.15, -0.1) is 0 Å². The third kappa shape index (κ3) is 4.71. The lowest BCUT2D eigenvalue weighted by atomic mass is 10.2. The number of carbonyl (C=O) groups excluding carboxylic acids is 1. The minimum Gasteiger partial charge on any atom is -0.322 e. The minimum absolute atomic E-state index is 0.0326. The molecule has 0 spiro atoms. The number of hydrogen-bond acceptors (Lipinski definition) is 3. The van der Waals surface area contributed by atoms with Crippen molar-refractivity contribution >= 4 is 27.3 Å². The third-order valence-corrected chi connectivity index (χ3v) is 5.19. The summed E-state index contributed by atoms with van der Waals surface area (Å²) < 4.78 is 40.6. The summed E-state index contributed by atoms with van der Waals surface area (Å²) in [6.45, 7) is 1.90. The average Bonchev–Trinajstić information content (AvgIpc) is 2.65. The zero-order chi connectivity index (χ0) is 19.4. The number of amides is 1. The number of sulfonamides is 1. The SMILES string of the molecule is Cc1ccc(NS(=O)(=O)c2cccc(C(=O)Nc3ccc(F)cc3)c2)cc1. The Bertz CT molecular complexity index is 1060. The maximum absolute atomic E-state index is 12.9. The van der Waals surface area contributed by atoms with Crippen LogP contribution in [0.2, 0.25) is 0 Å². The van der Waals surface area contributed by atoms with E-state index < -0.39 is 21.7 Å². The summed E-state index contributed by atoms with van der Waals surface area (Å²) in [6.07, 6.45) is 0. The van der Waals surface area contributed by atoms with Gasteiger partial charge in [-0.1, -0.05) is 23.8 Å². The fraction of sp³-hybridized carbons (Fsp3) is 0.0500. The molecule has 0 saturated heterocycles. The zero-order valence-corrected chi connectivity index (χ0v) is 15.3. The van der Waals surface area contributed by atoms with Crippen LogP contribution in [0, 0.1) is 12.7 Å². The maximum atomic E-state index is 12.9. The molecule has 7 heteroatoms. The molecule has 0 radical (unpaired) electrons. The van der Waals surface area contributed by atoms with Crippen molar-refractivity contribution in [3.05, 3.63) is 89.7 Å². The monoisotopic (exact) mass is 384 g/mol. The van der Waals surface area contributed by atoms with Crippen LogP contribution in [0.25, 0.3) is 0 Å². The number of halogens is 1. The topological polar surface area (TPSA) is 75.3 Å². The van der Waals surface area contributed by atoms with Crippen molar-refractivity contribution in [2.24, 2.45) is 0 Å². The number of aryl methyl sites for hydroxylation is 1. The number of benzene rings is 3. The highest BCUT2D eigenvalue weighted by molar-refractivity contribution is 7.92. The van der Waals surface area contributed by atoms with Crippen LogP contribution in [0.5, 0.6) is 0 Å². The van der Waals surface area contributed by atoms with Crippen LogP contribution >= 0.6 is 0 Å². The Morgan fingerprint density at radius 2 is 1.52 bits per heavy atom. The highest BCUT2D eigenvalue weighted by Crippen LogP contribution is 2.18. The largest absolute Gasteiger partial charge is 0.322 e. The standard InChI is InChI=1S/C20H17FN2O3S/c1-14-5-9-18(10-6-14)23-27(25,26)19-4-2-3-15(13-19)20(24)22-17-11-7-16(21)8-12-17/h2-13,23H,1H3,(H,22,24). The summed E-state index contributed by atoms with van der Waals surface area (Å²) in [5.74, 6) is -0.905. The molecule has 0 fully saturated rings. The van der Waals surface area contributed by atoms with E-state index in [1.54, 1.807) is 24.3 Å². The Hall–Kier alpha value is -3.19. The van der Waals surface area contributed by atoms with Crippen LogP contribution in [0.15, 0.2) is 77.7 Å². The predicted octanol–water partition coefficient (Wildman–Crippen LogP) is 4.19. The van der Waals surface area contributed by atoms with Gasteiger partial charge in [0.05, 0.1) is 4.90 Å². The summed E-state index contributed by atoms with van der Waals surface area (Å²) in [4.78, 5) is 12.3. The van der Waals surface area contributed by atoms with Crippen molar-refractivity contribution in [3.63, 3.8) is 0 Å². The molecule has 3 aromatic carbocycles. The van der Waals surface area contributed by atoms with Gasteiger partial charge in [0.1, 0.15) is 5.82 Å². The normalized spacial score (nSPS) is 11.0. The van der Waals surface area contributed by atoms with Gasteiger partial charge in [0.15, 0.2) is 0 Å². The molecule has 0 aliphatic heterocycles. The molecule has 0 atom stereocenters. The Morgan fingerprint density at radius 1 is 0.889 bits per heavy atom. The molecule has 5 nitrogen and oxygen atoms in total. The molecule has 0 unspecified atom stereocenters. The highest BCUT2D eigenvalue weighted by Gasteiger charge is 2.16. The predicted molar refractivity (Wildman–Crippen MR) is 103 cm³/mol. The molecule has 3 aromatic rings. The van der Waals surface area contributed by atoms with Crippen LogP contribution in [0.1, 0.15) is 15.9 Å². The molecule has 3 rings (SSSR count). The smallest absolute Gasteiger partial charge is 0.261 e. The molecule has 2 N–H and O–H groups in total. The number of anilines is 2. The molecular weight excluding hydrogens is 367 g/mol. The van der Waals surface area contributed by atoms with Crippen molar-refractivity contribution in [1.29, 1.82) is 0 Å². The number of rotatable bonds is 5. The third-order valence-electron chi connectivity index (χ3n) is 3.81. The second-order valence-electron chi connectivity index (χ2n) is 5.96. The van der Waals surface area contributed by atoms with E-state index in [4.69, 9.17) is 0 Å². The van der Waals surface area contributed by atoms with Gasteiger partial charge < -0.3 is 5.32 Å². The molecule has 0 aliphatic carbocycles.